The van der Waals surface area contributed by atoms with Gasteiger partial charge in [-0.2, -0.15) is 0 Å². The Kier molecular flexibility index (Phi) is 8.51. The van der Waals surface area contributed by atoms with Crippen LogP contribution < -0.4 is 5.32 Å². The van der Waals surface area contributed by atoms with E-state index in [1.807, 2.05) is 19.1 Å². The molecule has 0 radical (unpaired) electrons. The van der Waals surface area contributed by atoms with Crippen LogP contribution in [0.2, 0.25) is 0 Å². The predicted octanol–water partition coefficient (Wildman–Crippen LogP) is 1.97. The highest BCUT2D eigenvalue weighted by atomic mass is 16.5. The van der Waals surface area contributed by atoms with Crippen LogP contribution in [-0.2, 0) is 4.74 Å². The van der Waals surface area contributed by atoms with Gasteiger partial charge in [0.25, 0.3) is 0 Å². The molecule has 0 bridgehead atoms. The highest BCUT2D eigenvalue weighted by molar-refractivity contribution is 4.75. The number of hydrogen-bond donors (Lipinski definition) is 1. The summed E-state index contributed by atoms with van der Waals surface area (Å²) >= 11 is 0. The van der Waals surface area contributed by atoms with E-state index in [9.17, 15) is 0 Å². The zero-order chi connectivity index (χ0) is 9.23. The minimum absolute atomic E-state index is 0.584. The molecule has 0 unspecified atom stereocenters. The van der Waals surface area contributed by atoms with Crippen molar-refractivity contribution in [3.63, 3.8) is 0 Å². The quantitative estimate of drug-likeness (QED) is 0.467. The van der Waals surface area contributed by atoms with Gasteiger partial charge in [0.15, 0.2) is 0 Å². The number of allylic oxidation sites excluding steroid dienone is 1. The lowest BCUT2D eigenvalue weighted by Gasteiger charge is -2.07. The van der Waals surface area contributed by atoms with Gasteiger partial charge >= 0.3 is 0 Å². The molecule has 72 valence electrons. The van der Waals surface area contributed by atoms with Crippen LogP contribution in [0.3, 0.4) is 0 Å². The van der Waals surface area contributed by atoms with Crippen LogP contribution in [0.4, 0.5) is 0 Å². The van der Waals surface area contributed by atoms with Gasteiger partial charge in [0.05, 0.1) is 6.61 Å². The van der Waals surface area contributed by atoms with Gasteiger partial charge in [-0.15, -0.1) is 0 Å². The first-order chi connectivity index (χ1) is 5.77. The van der Waals surface area contributed by atoms with Crippen LogP contribution in [0.1, 0.15) is 27.2 Å². The summed E-state index contributed by atoms with van der Waals surface area (Å²) < 4.78 is 5.33. The van der Waals surface area contributed by atoms with Crippen LogP contribution in [0.5, 0.6) is 0 Å². The molecule has 0 aliphatic heterocycles. The molecule has 0 aliphatic carbocycles. The fraction of sp³-hybridized carbons (Fsp3) is 0.800. The molecule has 0 aromatic carbocycles. The van der Waals surface area contributed by atoms with Gasteiger partial charge in [0.1, 0.15) is 0 Å². The maximum atomic E-state index is 5.33. The van der Waals surface area contributed by atoms with E-state index < -0.39 is 0 Å². The molecule has 0 aromatic rings. The van der Waals surface area contributed by atoms with E-state index in [-0.39, 0.29) is 0 Å². The van der Waals surface area contributed by atoms with Crippen LogP contribution in [0, 0.1) is 0 Å². The molecule has 0 saturated carbocycles. The number of rotatable bonds is 7. The Hall–Kier alpha value is -0.340. The third-order valence-corrected chi connectivity index (χ3v) is 1.47. The fourth-order valence-corrected chi connectivity index (χ4v) is 0.813. The molecule has 2 nitrogen and oxygen atoms in total. The maximum absolute atomic E-state index is 5.33. The molecule has 0 aromatic heterocycles. The Morgan fingerprint density at radius 2 is 2.17 bits per heavy atom. The van der Waals surface area contributed by atoms with E-state index in [1.54, 1.807) is 0 Å². The zero-order valence-electron chi connectivity index (χ0n) is 8.47. The molecular formula is C10H21NO. The van der Waals surface area contributed by atoms with E-state index in [1.165, 1.54) is 0 Å². The van der Waals surface area contributed by atoms with Crippen molar-refractivity contribution in [1.29, 1.82) is 0 Å². The fourth-order valence-electron chi connectivity index (χ4n) is 0.813. The summed E-state index contributed by atoms with van der Waals surface area (Å²) in [7, 11) is 0. The van der Waals surface area contributed by atoms with Gasteiger partial charge in [0, 0.05) is 12.6 Å². The van der Waals surface area contributed by atoms with Gasteiger partial charge in [-0.25, -0.2) is 0 Å². The molecule has 1 N–H and O–H groups in total. The third kappa shape index (κ3) is 9.66. The van der Waals surface area contributed by atoms with Crippen LogP contribution in [0.25, 0.3) is 0 Å². The molecule has 0 spiro atoms. The first kappa shape index (κ1) is 11.7. The van der Waals surface area contributed by atoms with Gasteiger partial charge in [-0.3, -0.25) is 0 Å². The van der Waals surface area contributed by atoms with E-state index >= 15 is 0 Å². The molecular weight excluding hydrogens is 150 g/mol. The summed E-state index contributed by atoms with van der Waals surface area (Å²) in [6.45, 7) is 8.96. The SMILES string of the molecule is CC=CCOCCCNC(C)C. The normalized spacial score (nSPS) is 11.7. The second-order valence-electron chi connectivity index (χ2n) is 3.11. The Balaban J connectivity index is 2.91. The lowest BCUT2D eigenvalue weighted by atomic mass is 10.3. The van der Waals surface area contributed by atoms with E-state index in [4.69, 9.17) is 4.74 Å². The first-order valence-corrected chi connectivity index (χ1v) is 4.69. The Morgan fingerprint density at radius 3 is 2.75 bits per heavy atom. The number of ether oxygens (including phenoxy) is 1. The Labute approximate surface area is 76.0 Å². The zero-order valence-corrected chi connectivity index (χ0v) is 8.47. The lowest BCUT2D eigenvalue weighted by molar-refractivity contribution is 0.158. The molecule has 12 heavy (non-hydrogen) atoms. The van der Waals surface area contributed by atoms with E-state index in [0.29, 0.717) is 6.04 Å². The van der Waals surface area contributed by atoms with Crippen LogP contribution in [0.15, 0.2) is 12.2 Å². The van der Waals surface area contributed by atoms with E-state index in [0.717, 1.165) is 26.2 Å². The predicted molar refractivity (Wildman–Crippen MR) is 53.4 cm³/mol. The Bertz CT molecular complexity index is 110. The van der Waals surface area contributed by atoms with Crippen LogP contribution >= 0.6 is 0 Å². The van der Waals surface area contributed by atoms with Crippen LogP contribution in [-0.4, -0.2) is 25.8 Å². The van der Waals surface area contributed by atoms with Crippen molar-refractivity contribution in [2.24, 2.45) is 0 Å². The smallest absolute Gasteiger partial charge is 0.0647 e. The topological polar surface area (TPSA) is 21.3 Å². The Morgan fingerprint density at radius 1 is 1.42 bits per heavy atom. The minimum Gasteiger partial charge on any atom is -0.377 e. The highest BCUT2D eigenvalue weighted by Crippen LogP contribution is 1.84. The summed E-state index contributed by atoms with van der Waals surface area (Å²) in [6, 6.07) is 0.584. The summed E-state index contributed by atoms with van der Waals surface area (Å²) in [5, 5.41) is 3.34. The molecule has 0 saturated heterocycles. The number of hydrogen-bond acceptors (Lipinski definition) is 2. The molecule has 0 amide bonds. The molecule has 0 atom stereocenters. The van der Waals surface area contributed by atoms with Gasteiger partial charge in [-0.1, -0.05) is 26.0 Å². The molecule has 0 rings (SSSR count). The highest BCUT2D eigenvalue weighted by Gasteiger charge is 1.90. The monoisotopic (exact) mass is 171 g/mol. The molecule has 0 aliphatic rings. The summed E-state index contributed by atoms with van der Waals surface area (Å²) in [5.41, 5.74) is 0. The summed E-state index contributed by atoms with van der Waals surface area (Å²) in [4.78, 5) is 0. The molecule has 2 heteroatoms. The maximum Gasteiger partial charge on any atom is 0.0647 e. The van der Waals surface area contributed by atoms with Crippen molar-refractivity contribution in [3.05, 3.63) is 12.2 Å². The van der Waals surface area contributed by atoms with Crippen molar-refractivity contribution in [1.82, 2.24) is 5.32 Å². The second-order valence-corrected chi connectivity index (χ2v) is 3.11. The van der Waals surface area contributed by atoms with Gasteiger partial charge in [0.2, 0.25) is 0 Å². The van der Waals surface area contributed by atoms with Crippen molar-refractivity contribution < 1.29 is 4.74 Å². The van der Waals surface area contributed by atoms with Crippen molar-refractivity contribution in [3.8, 4) is 0 Å². The minimum atomic E-state index is 0.584. The average Bonchev–Trinajstić information content (AvgIpc) is 2.02. The summed E-state index contributed by atoms with van der Waals surface area (Å²) in [6.07, 6.45) is 5.12. The number of nitrogens with one attached hydrogen (secondary N) is 1. The van der Waals surface area contributed by atoms with Crippen molar-refractivity contribution >= 4 is 0 Å². The first-order valence-electron chi connectivity index (χ1n) is 4.69. The average molecular weight is 171 g/mol. The summed E-state index contributed by atoms with van der Waals surface area (Å²) in [5.74, 6) is 0. The third-order valence-electron chi connectivity index (χ3n) is 1.47. The van der Waals surface area contributed by atoms with Crippen molar-refractivity contribution in [2.45, 2.75) is 33.2 Å². The van der Waals surface area contributed by atoms with Crippen molar-refractivity contribution in [2.75, 3.05) is 19.8 Å². The second kappa shape index (κ2) is 8.75. The lowest BCUT2D eigenvalue weighted by Crippen LogP contribution is -2.24. The van der Waals surface area contributed by atoms with E-state index in [2.05, 4.69) is 19.2 Å². The van der Waals surface area contributed by atoms with Gasteiger partial charge < -0.3 is 10.1 Å². The van der Waals surface area contributed by atoms with Gasteiger partial charge in [-0.05, 0) is 19.9 Å². The molecule has 0 heterocycles. The standard InChI is InChI=1S/C10H21NO/c1-4-5-8-12-9-6-7-11-10(2)3/h4-5,10-11H,6-9H2,1-3H3. The molecule has 0 fully saturated rings. The largest absolute Gasteiger partial charge is 0.377 e.